The average Bonchev–Trinajstić information content (AvgIpc) is 3.10. The lowest BCUT2D eigenvalue weighted by atomic mass is 9.88. The Kier molecular flexibility index (Phi) is 3.81. The zero-order valence-corrected chi connectivity index (χ0v) is 13.6. The second-order valence-corrected chi connectivity index (χ2v) is 5.82. The lowest BCUT2D eigenvalue weighted by molar-refractivity contribution is -0.119. The van der Waals surface area contributed by atoms with Crippen molar-refractivity contribution in [2.45, 2.75) is 6.04 Å². The molecule has 1 aliphatic rings. The van der Waals surface area contributed by atoms with Gasteiger partial charge in [-0.25, -0.2) is 9.67 Å². The minimum atomic E-state index is -0.683. The fraction of sp³-hybridized carbons (Fsp3) is 0.118. The molecule has 9 nitrogen and oxygen atoms in total. The number of fused-ring (bicyclic) bond motifs is 1. The van der Waals surface area contributed by atoms with E-state index in [0.29, 0.717) is 17.5 Å². The van der Waals surface area contributed by atoms with Crippen LogP contribution in [0.25, 0.3) is 0 Å². The highest BCUT2D eigenvalue weighted by Crippen LogP contribution is 2.37. The number of hydrogen-bond acceptors (Lipinski definition) is 7. The molecule has 0 saturated carbocycles. The molecular weight excluding hydrogens is 334 g/mol. The molecule has 26 heavy (non-hydrogen) atoms. The number of nitrogens with one attached hydrogen (secondary N) is 2. The van der Waals surface area contributed by atoms with Gasteiger partial charge in [-0.2, -0.15) is 0 Å². The molecule has 4 rings (SSSR count). The van der Waals surface area contributed by atoms with Gasteiger partial charge < -0.3 is 15.7 Å². The van der Waals surface area contributed by atoms with Gasteiger partial charge in [-0.3, -0.25) is 4.79 Å². The lowest BCUT2D eigenvalue weighted by Crippen LogP contribution is -2.39. The maximum absolute atomic E-state index is 13.0. The Hall–Kier alpha value is -3.75. The minimum absolute atomic E-state index is 0.132. The van der Waals surface area contributed by atoms with Crippen LogP contribution in [-0.2, 0) is 4.79 Å². The summed E-state index contributed by atoms with van der Waals surface area (Å²) in [6.07, 6.45) is 1.60. The Balaban J connectivity index is 1.74. The van der Waals surface area contributed by atoms with Gasteiger partial charge in [0.15, 0.2) is 0 Å². The molecule has 1 amide bonds. The van der Waals surface area contributed by atoms with Gasteiger partial charge >= 0.3 is 0 Å². The molecule has 3 N–H and O–H groups in total. The Bertz CT molecular complexity index is 953. The summed E-state index contributed by atoms with van der Waals surface area (Å²) in [6.45, 7) is 3.98. The maximum atomic E-state index is 13.0. The van der Waals surface area contributed by atoms with Crippen molar-refractivity contribution < 1.29 is 9.90 Å². The highest BCUT2D eigenvalue weighted by atomic mass is 16.3. The molecule has 1 aliphatic heterocycles. The van der Waals surface area contributed by atoms with Crippen LogP contribution < -0.4 is 10.6 Å². The molecule has 2 aromatic heterocycles. The summed E-state index contributed by atoms with van der Waals surface area (Å²) in [4.78, 5) is 17.1. The van der Waals surface area contributed by atoms with Gasteiger partial charge in [-0.15, -0.1) is 0 Å². The van der Waals surface area contributed by atoms with E-state index in [1.807, 2.05) is 0 Å². The number of pyridine rings is 1. The van der Waals surface area contributed by atoms with E-state index in [-0.39, 0.29) is 11.7 Å². The van der Waals surface area contributed by atoms with E-state index in [9.17, 15) is 9.90 Å². The minimum Gasteiger partial charge on any atom is -0.508 e. The number of phenols is 1. The van der Waals surface area contributed by atoms with Crippen molar-refractivity contribution >= 4 is 17.7 Å². The van der Waals surface area contributed by atoms with E-state index >= 15 is 0 Å². The fourth-order valence-corrected chi connectivity index (χ4v) is 2.96. The highest BCUT2D eigenvalue weighted by molar-refractivity contribution is 5.95. The van der Waals surface area contributed by atoms with Crippen molar-refractivity contribution in [3.05, 3.63) is 66.5 Å². The first-order valence-corrected chi connectivity index (χ1v) is 7.88. The van der Waals surface area contributed by atoms with E-state index in [1.54, 1.807) is 48.7 Å². The van der Waals surface area contributed by atoms with E-state index in [2.05, 4.69) is 37.7 Å². The maximum Gasteiger partial charge on any atom is 0.247 e. The lowest BCUT2D eigenvalue weighted by Gasteiger charge is -2.33. The highest BCUT2D eigenvalue weighted by Gasteiger charge is 2.40. The molecule has 2 atom stereocenters. The largest absolute Gasteiger partial charge is 0.508 e. The molecule has 3 heterocycles. The summed E-state index contributed by atoms with van der Waals surface area (Å²) >= 11 is 0. The first kappa shape index (κ1) is 15.8. The van der Waals surface area contributed by atoms with Crippen molar-refractivity contribution in [2.24, 2.45) is 5.92 Å². The molecule has 0 spiro atoms. The molecule has 3 aromatic rings. The van der Waals surface area contributed by atoms with Crippen LogP contribution in [0.5, 0.6) is 5.75 Å². The first-order valence-electron chi connectivity index (χ1n) is 7.88. The molecule has 0 aliphatic carbocycles. The summed E-state index contributed by atoms with van der Waals surface area (Å²) in [5.41, 5.74) is 1.24. The second kappa shape index (κ2) is 6.28. The van der Waals surface area contributed by atoms with Crippen molar-refractivity contribution in [1.29, 1.82) is 0 Å². The average molecular weight is 349 g/mol. The number of carbonyl (C=O) groups is 1. The van der Waals surface area contributed by atoms with E-state index < -0.39 is 12.0 Å². The number of tetrazole rings is 1. The number of aromatic hydroxyl groups is 1. The Labute approximate surface area is 148 Å². The van der Waals surface area contributed by atoms with Crippen LogP contribution >= 0.6 is 0 Å². The van der Waals surface area contributed by atoms with E-state index in [1.165, 1.54) is 4.68 Å². The predicted octanol–water partition coefficient (Wildman–Crippen LogP) is 1.56. The molecule has 0 saturated heterocycles. The number of rotatable bonds is 3. The van der Waals surface area contributed by atoms with Gasteiger partial charge in [-0.1, -0.05) is 29.9 Å². The number of phenolic OH excluding ortho intramolecular Hbond substituents is 1. The molecule has 130 valence electrons. The van der Waals surface area contributed by atoms with Crippen molar-refractivity contribution in [1.82, 2.24) is 25.2 Å². The van der Waals surface area contributed by atoms with Crippen LogP contribution in [0.4, 0.5) is 11.8 Å². The normalized spacial score (nSPS) is 18.7. The second-order valence-electron chi connectivity index (χ2n) is 5.82. The summed E-state index contributed by atoms with van der Waals surface area (Å²) in [5.74, 6) is -0.00172. The van der Waals surface area contributed by atoms with Crippen LogP contribution in [0.2, 0.25) is 0 Å². The van der Waals surface area contributed by atoms with Gasteiger partial charge in [0.2, 0.25) is 11.9 Å². The van der Waals surface area contributed by atoms with E-state index in [0.717, 1.165) is 5.56 Å². The Morgan fingerprint density at radius 1 is 1.23 bits per heavy atom. The number of carbonyl (C=O) groups excluding carboxylic acids is 1. The Morgan fingerprint density at radius 2 is 2.04 bits per heavy atom. The predicted molar refractivity (Wildman–Crippen MR) is 93.2 cm³/mol. The number of hydrogen-bond donors (Lipinski definition) is 3. The monoisotopic (exact) mass is 349 g/mol. The fourth-order valence-electron chi connectivity index (χ4n) is 2.96. The quantitative estimate of drug-likeness (QED) is 0.656. The van der Waals surface area contributed by atoms with Gasteiger partial charge in [0, 0.05) is 11.9 Å². The summed E-state index contributed by atoms with van der Waals surface area (Å²) in [6, 6.07) is 11.3. The molecule has 1 aromatic carbocycles. The summed E-state index contributed by atoms with van der Waals surface area (Å²) < 4.78 is 1.53. The Morgan fingerprint density at radius 3 is 2.77 bits per heavy atom. The SMILES string of the molecule is C=C1Nc2nnnn2C(c2ccc(O)cc2)C1C(=O)Nc1ccccn1. The van der Waals surface area contributed by atoms with Gasteiger partial charge in [-0.05, 0) is 40.3 Å². The molecular formula is C17H15N7O2. The smallest absolute Gasteiger partial charge is 0.247 e. The number of aromatic nitrogens is 5. The van der Waals surface area contributed by atoms with Crippen molar-refractivity contribution in [3.8, 4) is 5.75 Å². The van der Waals surface area contributed by atoms with Crippen LogP contribution in [0, 0.1) is 5.92 Å². The van der Waals surface area contributed by atoms with Gasteiger partial charge in [0.1, 0.15) is 17.5 Å². The topological polar surface area (TPSA) is 118 Å². The molecule has 9 heteroatoms. The molecule has 0 bridgehead atoms. The number of anilines is 2. The third kappa shape index (κ3) is 2.75. The van der Waals surface area contributed by atoms with E-state index in [4.69, 9.17) is 0 Å². The first-order chi connectivity index (χ1) is 12.6. The van der Waals surface area contributed by atoms with Crippen molar-refractivity contribution in [3.63, 3.8) is 0 Å². The van der Waals surface area contributed by atoms with Crippen LogP contribution in [0.3, 0.4) is 0 Å². The summed E-state index contributed by atoms with van der Waals surface area (Å²) in [5, 5.41) is 26.9. The molecule has 2 unspecified atom stereocenters. The van der Waals surface area contributed by atoms with Crippen LogP contribution in [0.1, 0.15) is 11.6 Å². The van der Waals surface area contributed by atoms with Gasteiger partial charge in [0.05, 0.1) is 6.04 Å². The van der Waals surface area contributed by atoms with Crippen molar-refractivity contribution in [2.75, 3.05) is 10.6 Å². The van der Waals surface area contributed by atoms with Crippen LogP contribution in [-0.4, -0.2) is 36.2 Å². The zero-order chi connectivity index (χ0) is 18.1. The number of amides is 1. The summed E-state index contributed by atoms with van der Waals surface area (Å²) in [7, 11) is 0. The van der Waals surface area contributed by atoms with Gasteiger partial charge in [0.25, 0.3) is 0 Å². The number of nitrogens with zero attached hydrogens (tertiary/aromatic N) is 5. The number of benzene rings is 1. The molecule has 0 fully saturated rings. The van der Waals surface area contributed by atoms with Crippen LogP contribution in [0.15, 0.2) is 60.9 Å². The zero-order valence-electron chi connectivity index (χ0n) is 13.6. The third-order valence-corrected chi connectivity index (χ3v) is 4.15. The molecule has 0 radical (unpaired) electrons. The standard InChI is InChI=1S/C17H15N7O2/c1-10-14(16(26)20-13-4-2-3-9-18-13)15(11-5-7-12(25)8-6-11)24-17(19-10)21-22-23-24/h2-9,14-15,25H,1H2,(H,18,20,26)(H,19,21,23). The third-order valence-electron chi connectivity index (χ3n) is 4.15.